The molecule has 2 aliphatic rings. The summed E-state index contributed by atoms with van der Waals surface area (Å²) >= 11 is 0. The van der Waals surface area contributed by atoms with E-state index in [-0.39, 0.29) is 12.0 Å². The third kappa shape index (κ3) is 4.94. The van der Waals surface area contributed by atoms with E-state index in [4.69, 9.17) is 10.5 Å². The second kappa shape index (κ2) is 8.71. The predicted molar refractivity (Wildman–Crippen MR) is 84.0 cm³/mol. The molecule has 3 N–H and O–H groups in total. The van der Waals surface area contributed by atoms with Crippen LogP contribution in [0.5, 0.6) is 0 Å². The van der Waals surface area contributed by atoms with E-state index in [2.05, 4.69) is 17.1 Å². The molecule has 0 aromatic rings. The van der Waals surface area contributed by atoms with Crippen LogP contribution in [0.2, 0.25) is 0 Å². The summed E-state index contributed by atoms with van der Waals surface area (Å²) < 4.78 is 5.54. The van der Waals surface area contributed by atoms with Gasteiger partial charge in [0.05, 0.1) is 12.6 Å². The number of carbonyl (C=O) groups excluding carboxylic acids is 1. The molecule has 2 fully saturated rings. The molecule has 1 amide bonds. The molecule has 3 unspecified atom stereocenters. The topological polar surface area (TPSA) is 67.6 Å². The lowest BCUT2D eigenvalue weighted by Crippen LogP contribution is -2.49. The largest absolute Gasteiger partial charge is 0.376 e. The normalized spacial score (nSPS) is 29.8. The molecule has 122 valence electrons. The van der Waals surface area contributed by atoms with Crippen LogP contribution in [0.25, 0.3) is 0 Å². The smallest absolute Gasteiger partial charge is 0.234 e. The lowest BCUT2D eigenvalue weighted by Gasteiger charge is -2.38. The standard InChI is InChI=1S/C16H31N3O2/c1-2-19(15-8-4-3-6-13(15)10-17)12-16(20)18-11-14-7-5-9-21-14/h13-15H,2-12,17H2,1H3,(H,18,20). The van der Waals surface area contributed by atoms with Crippen molar-refractivity contribution in [3.8, 4) is 0 Å². The number of ether oxygens (including phenoxy) is 1. The van der Waals surface area contributed by atoms with Gasteiger partial charge in [0.25, 0.3) is 0 Å². The van der Waals surface area contributed by atoms with E-state index in [0.29, 0.717) is 25.0 Å². The van der Waals surface area contributed by atoms with Gasteiger partial charge >= 0.3 is 0 Å². The van der Waals surface area contributed by atoms with E-state index < -0.39 is 0 Å². The summed E-state index contributed by atoms with van der Waals surface area (Å²) in [6.45, 7) is 5.76. The molecule has 0 bridgehead atoms. The van der Waals surface area contributed by atoms with Crippen molar-refractivity contribution in [2.45, 2.75) is 57.6 Å². The molecule has 3 atom stereocenters. The van der Waals surface area contributed by atoms with Gasteiger partial charge in [-0.1, -0.05) is 19.8 Å². The van der Waals surface area contributed by atoms with Gasteiger partial charge in [-0.2, -0.15) is 0 Å². The van der Waals surface area contributed by atoms with Crippen molar-refractivity contribution in [2.75, 3.05) is 32.8 Å². The molecular weight excluding hydrogens is 266 g/mol. The highest BCUT2D eigenvalue weighted by Gasteiger charge is 2.29. The summed E-state index contributed by atoms with van der Waals surface area (Å²) in [5.74, 6) is 0.665. The Bertz CT molecular complexity index is 319. The highest BCUT2D eigenvalue weighted by atomic mass is 16.5. The SMILES string of the molecule is CCN(CC(=O)NCC1CCCO1)C1CCCCC1CN. The van der Waals surface area contributed by atoms with Crippen molar-refractivity contribution in [1.82, 2.24) is 10.2 Å². The number of amides is 1. The Balaban J connectivity index is 1.78. The lowest BCUT2D eigenvalue weighted by atomic mass is 9.83. The maximum absolute atomic E-state index is 12.2. The third-order valence-electron chi connectivity index (χ3n) is 4.94. The zero-order valence-corrected chi connectivity index (χ0v) is 13.4. The summed E-state index contributed by atoms with van der Waals surface area (Å²) in [6, 6.07) is 0.474. The summed E-state index contributed by atoms with van der Waals surface area (Å²) in [5, 5.41) is 3.02. The van der Waals surface area contributed by atoms with Crippen LogP contribution in [0.15, 0.2) is 0 Å². The Morgan fingerprint density at radius 2 is 2.10 bits per heavy atom. The van der Waals surface area contributed by atoms with Gasteiger partial charge in [0.15, 0.2) is 0 Å². The number of hydrogen-bond acceptors (Lipinski definition) is 4. The fourth-order valence-electron chi connectivity index (χ4n) is 3.68. The highest BCUT2D eigenvalue weighted by molar-refractivity contribution is 5.78. The van der Waals surface area contributed by atoms with Crippen molar-refractivity contribution in [1.29, 1.82) is 0 Å². The molecule has 0 aromatic heterocycles. The van der Waals surface area contributed by atoms with Crippen LogP contribution >= 0.6 is 0 Å². The van der Waals surface area contributed by atoms with Crippen LogP contribution in [0, 0.1) is 5.92 Å². The fourth-order valence-corrected chi connectivity index (χ4v) is 3.68. The first kappa shape index (κ1) is 16.7. The minimum Gasteiger partial charge on any atom is -0.376 e. The number of hydrogen-bond donors (Lipinski definition) is 2. The molecule has 5 heteroatoms. The average molecular weight is 297 g/mol. The van der Waals surface area contributed by atoms with E-state index in [1.165, 1.54) is 25.7 Å². The third-order valence-corrected chi connectivity index (χ3v) is 4.94. The Morgan fingerprint density at radius 3 is 2.76 bits per heavy atom. The molecule has 0 radical (unpaired) electrons. The van der Waals surface area contributed by atoms with Crippen molar-refractivity contribution >= 4 is 5.91 Å². The summed E-state index contributed by atoms with van der Waals surface area (Å²) in [4.78, 5) is 14.5. The van der Waals surface area contributed by atoms with Crippen LogP contribution < -0.4 is 11.1 Å². The minimum atomic E-state index is 0.119. The van der Waals surface area contributed by atoms with Crippen molar-refractivity contribution in [2.24, 2.45) is 11.7 Å². The Labute approximate surface area is 128 Å². The Morgan fingerprint density at radius 1 is 1.29 bits per heavy atom. The zero-order chi connectivity index (χ0) is 15.1. The first-order valence-corrected chi connectivity index (χ1v) is 8.57. The maximum atomic E-state index is 12.2. The van der Waals surface area contributed by atoms with Gasteiger partial charge in [-0.05, 0) is 44.7 Å². The number of nitrogens with two attached hydrogens (primary N) is 1. The molecule has 1 saturated heterocycles. The average Bonchev–Trinajstić information content (AvgIpc) is 3.04. The van der Waals surface area contributed by atoms with E-state index in [0.717, 1.165) is 32.5 Å². The Hall–Kier alpha value is -0.650. The van der Waals surface area contributed by atoms with E-state index in [1.54, 1.807) is 0 Å². The molecule has 1 aliphatic heterocycles. The minimum absolute atomic E-state index is 0.119. The maximum Gasteiger partial charge on any atom is 0.234 e. The van der Waals surface area contributed by atoms with Crippen LogP contribution in [0.4, 0.5) is 0 Å². The van der Waals surface area contributed by atoms with Gasteiger partial charge in [0, 0.05) is 19.2 Å². The predicted octanol–water partition coefficient (Wildman–Crippen LogP) is 1.12. The first-order valence-electron chi connectivity index (χ1n) is 8.57. The quantitative estimate of drug-likeness (QED) is 0.739. The van der Waals surface area contributed by atoms with E-state index in [1.807, 2.05) is 0 Å². The molecular formula is C16H31N3O2. The Kier molecular flexibility index (Phi) is 6.93. The molecule has 21 heavy (non-hydrogen) atoms. The number of nitrogens with zero attached hydrogens (tertiary/aromatic N) is 1. The second-order valence-corrected chi connectivity index (χ2v) is 6.35. The van der Waals surface area contributed by atoms with Gasteiger partial charge in [-0.3, -0.25) is 9.69 Å². The van der Waals surface area contributed by atoms with E-state index >= 15 is 0 Å². The monoisotopic (exact) mass is 297 g/mol. The van der Waals surface area contributed by atoms with Gasteiger partial charge in [-0.25, -0.2) is 0 Å². The molecule has 1 aliphatic carbocycles. The van der Waals surface area contributed by atoms with Gasteiger partial charge < -0.3 is 15.8 Å². The van der Waals surface area contributed by atoms with Crippen LogP contribution in [0.1, 0.15) is 45.4 Å². The summed E-state index contributed by atoms with van der Waals surface area (Å²) in [6.07, 6.45) is 7.31. The number of rotatable bonds is 7. The lowest BCUT2D eigenvalue weighted by molar-refractivity contribution is -0.123. The van der Waals surface area contributed by atoms with Crippen LogP contribution in [-0.4, -0.2) is 55.7 Å². The van der Waals surface area contributed by atoms with Gasteiger partial charge in [0.1, 0.15) is 0 Å². The van der Waals surface area contributed by atoms with Crippen LogP contribution in [-0.2, 0) is 9.53 Å². The second-order valence-electron chi connectivity index (χ2n) is 6.35. The summed E-state index contributed by atoms with van der Waals surface area (Å²) in [5.41, 5.74) is 5.91. The van der Waals surface area contributed by atoms with Crippen molar-refractivity contribution < 1.29 is 9.53 Å². The number of carbonyl (C=O) groups is 1. The summed E-state index contributed by atoms with van der Waals surface area (Å²) in [7, 11) is 0. The number of nitrogens with one attached hydrogen (secondary N) is 1. The molecule has 0 aromatic carbocycles. The molecule has 1 heterocycles. The van der Waals surface area contributed by atoms with E-state index in [9.17, 15) is 4.79 Å². The highest BCUT2D eigenvalue weighted by Crippen LogP contribution is 2.27. The number of likely N-dealkylation sites (N-methyl/N-ethyl adjacent to an activating group) is 1. The molecule has 5 nitrogen and oxygen atoms in total. The van der Waals surface area contributed by atoms with Crippen molar-refractivity contribution in [3.05, 3.63) is 0 Å². The zero-order valence-electron chi connectivity index (χ0n) is 13.4. The first-order chi connectivity index (χ1) is 10.2. The van der Waals surface area contributed by atoms with Crippen LogP contribution in [0.3, 0.4) is 0 Å². The van der Waals surface area contributed by atoms with Gasteiger partial charge in [0.2, 0.25) is 5.91 Å². The fraction of sp³-hybridized carbons (Fsp3) is 0.938. The van der Waals surface area contributed by atoms with Crippen molar-refractivity contribution in [3.63, 3.8) is 0 Å². The molecule has 0 spiro atoms. The molecule has 2 rings (SSSR count). The van der Waals surface area contributed by atoms with Gasteiger partial charge in [-0.15, -0.1) is 0 Å². The molecule has 1 saturated carbocycles.